The summed E-state index contributed by atoms with van der Waals surface area (Å²) in [5, 5.41) is 0. The van der Waals surface area contributed by atoms with Gasteiger partial charge in [-0.2, -0.15) is 0 Å². The lowest BCUT2D eigenvalue weighted by atomic mass is 10.00. The van der Waals surface area contributed by atoms with E-state index in [1.807, 2.05) is 30.3 Å². The Morgan fingerprint density at radius 2 is 2.06 bits per heavy atom. The molecule has 0 aromatic heterocycles. The molecule has 18 heavy (non-hydrogen) atoms. The van der Waals surface area contributed by atoms with Crippen LogP contribution >= 0.6 is 0 Å². The number of hydrogen-bond acceptors (Lipinski definition) is 3. The summed E-state index contributed by atoms with van der Waals surface area (Å²) in [6, 6.07) is 11.0. The van der Waals surface area contributed by atoms with Crippen molar-refractivity contribution in [2.24, 2.45) is 5.73 Å². The lowest BCUT2D eigenvalue weighted by molar-refractivity contribution is 0.135. The molecule has 0 amide bonds. The minimum Gasteiger partial charge on any atom is -0.494 e. The molecular weight excluding hydrogens is 224 g/mol. The van der Waals surface area contributed by atoms with E-state index in [-0.39, 0.29) is 0 Å². The van der Waals surface area contributed by atoms with E-state index in [1.165, 1.54) is 6.42 Å². The summed E-state index contributed by atoms with van der Waals surface area (Å²) in [5.74, 6) is 0.959. The predicted molar refractivity (Wildman–Crippen MR) is 74.8 cm³/mol. The van der Waals surface area contributed by atoms with Gasteiger partial charge in [0.1, 0.15) is 5.75 Å². The Morgan fingerprint density at radius 3 is 2.83 bits per heavy atom. The van der Waals surface area contributed by atoms with Crippen molar-refractivity contribution in [2.75, 3.05) is 19.7 Å². The third-order valence-electron chi connectivity index (χ3n) is 3.65. The molecule has 1 fully saturated rings. The lowest BCUT2D eigenvalue weighted by Gasteiger charge is -2.36. The second-order valence-corrected chi connectivity index (χ2v) is 5.20. The smallest absolute Gasteiger partial charge is 0.119 e. The first-order valence-electron chi connectivity index (χ1n) is 6.93. The van der Waals surface area contributed by atoms with E-state index >= 15 is 0 Å². The van der Waals surface area contributed by atoms with Gasteiger partial charge in [-0.3, -0.25) is 4.90 Å². The highest BCUT2D eigenvalue weighted by Crippen LogP contribution is 2.16. The van der Waals surface area contributed by atoms with Crippen LogP contribution in [0.5, 0.6) is 5.75 Å². The second kappa shape index (κ2) is 6.76. The van der Waals surface area contributed by atoms with Crippen molar-refractivity contribution in [1.82, 2.24) is 4.90 Å². The Morgan fingerprint density at radius 1 is 1.28 bits per heavy atom. The van der Waals surface area contributed by atoms with Crippen molar-refractivity contribution in [1.29, 1.82) is 0 Å². The van der Waals surface area contributed by atoms with Gasteiger partial charge < -0.3 is 10.5 Å². The van der Waals surface area contributed by atoms with E-state index in [2.05, 4.69) is 11.8 Å². The van der Waals surface area contributed by atoms with Crippen LogP contribution in [0, 0.1) is 0 Å². The Balaban J connectivity index is 1.66. The van der Waals surface area contributed by atoms with E-state index in [4.69, 9.17) is 10.5 Å². The van der Waals surface area contributed by atoms with Crippen LogP contribution in [0.3, 0.4) is 0 Å². The standard InChI is InChI=1S/C15H24N2O/c1-13-8-9-14(16)12-17(13)10-5-11-18-15-6-3-2-4-7-15/h2-4,6-7,13-14H,5,8-12,16H2,1H3. The number of para-hydroxylation sites is 1. The van der Waals surface area contributed by atoms with E-state index in [9.17, 15) is 0 Å². The molecule has 0 aliphatic carbocycles. The van der Waals surface area contributed by atoms with Crippen molar-refractivity contribution in [2.45, 2.75) is 38.3 Å². The summed E-state index contributed by atoms with van der Waals surface area (Å²) >= 11 is 0. The van der Waals surface area contributed by atoms with Crippen molar-refractivity contribution < 1.29 is 4.74 Å². The highest BCUT2D eigenvalue weighted by Gasteiger charge is 2.22. The topological polar surface area (TPSA) is 38.5 Å². The van der Waals surface area contributed by atoms with Crippen LogP contribution in [-0.2, 0) is 0 Å². The monoisotopic (exact) mass is 248 g/mol. The normalized spacial score (nSPS) is 25.0. The molecule has 1 aliphatic heterocycles. The fourth-order valence-corrected chi connectivity index (χ4v) is 2.50. The highest BCUT2D eigenvalue weighted by molar-refractivity contribution is 5.20. The van der Waals surface area contributed by atoms with Crippen LogP contribution in [0.25, 0.3) is 0 Å². The van der Waals surface area contributed by atoms with Gasteiger partial charge in [0.25, 0.3) is 0 Å². The van der Waals surface area contributed by atoms with Gasteiger partial charge in [-0.25, -0.2) is 0 Å². The molecule has 1 heterocycles. The maximum Gasteiger partial charge on any atom is 0.119 e. The maximum atomic E-state index is 6.01. The van der Waals surface area contributed by atoms with Crippen LogP contribution < -0.4 is 10.5 Å². The highest BCUT2D eigenvalue weighted by atomic mass is 16.5. The molecule has 0 radical (unpaired) electrons. The first-order valence-corrected chi connectivity index (χ1v) is 6.93. The molecule has 1 aromatic carbocycles. The molecule has 2 atom stereocenters. The summed E-state index contributed by atoms with van der Waals surface area (Å²) in [6.07, 6.45) is 3.45. The second-order valence-electron chi connectivity index (χ2n) is 5.20. The molecule has 3 nitrogen and oxygen atoms in total. The van der Waals surface area contributed by atoms with E-state index in [1.54, 1.807) is 0 Å². The lowest BCUT2D eigenvalue weighted by Crippen LogP contribution is -2.47. The number of piperidine rings is 1. The Bertz CT molecular complexity index is 342. The minimum atomic E-state index is 0.358. The van der Waals surface area contributed by atoms with Gasteiger partial charge in [0.05, 0.1) is 6.61 Å². The number of nitrogens with two attached hydrogens (primary N) is 1. The van der Waals surface area contributed by atoms with Crippen LogP contribution in [0.15, 0.2) is 30.3 Å². The first kappa shape index (κ1) is 13.4. The molecule has 100 valence electrons. The third-order valence-corrected chi connectivity index (χ3v) is 3.65. The Kier molecular flexibility index (Phi) is 5.02. The van der Waals surface area contributed by atoms with Crippen LogP contribution in [0.2, 0.25) is 0 Å². The first-order chi connectivity index (χ1) is 8.75. The predicted octanol–water partition coefficient (Wildman–Crippen LogP) is 2.27. The average Bonchev–Trinajstić information content (AvgIpc) is 2.40. The number of likely N-dealkylation sites (tertiary alicyclic amines) is 1. The largest absolute Gasteiger partial charge is 0.494 e. The third kappa shape index (κ3) is 4.00. The molecule has 1 aromatic rings. The average molecular weight is 248 g/mol. The molecule has 1 saturated heterocycles. The van der Waals surface area contributed by atoms with E-state index < -0.39 is 0 Å². The van der Waals surface area contributed by atoms with Gasteiger partial charge in [0.2, 0.25) is 0 Å². The molecule has 3 heteroatoms. The van der Waals surface area contributed by atoms with Crippen LogP contribution in [0.1, 0.15) is 26.2 Å². The zero-order valence-corrected chi connectivity index (χ0v) is 11.2. The molecular formula is C15H24N2O. The van der Waals surface area contributed by atoms with Gasteiger partial charge in [-0.05, 0) is 38.3 Å². The molecule has 0 spiro atoms. The van der Waals surface area contributed by atoms with Gasteiger partial charge in [-0.15, -0.1) is 0 Å². The maximum absolute atomic E-state index is 6.01. The SMILES string of the molecule is CC1CCC(N)CN1CCCOc1ccccc1. The Labute approximate surface area is 110 Å². The van der Waals surface area contributed by atoms with Crippen molar-refractivity contribution in [3.05, 3.63) is 30.3 Å². The van der Waals surface area contributed by atoms with E-state index in [0.717, 1.165) is 38.3 Å². The van der Waals surface area contributed by atoms with Gasteiger partial charge in [-0.1, -0.05) is 18.2 Å². The summed E-state index contributed by atoms with van der Waals surface area (Å²) in [5.41, 5.74) is 6.01. The fourth-order valence-electron chi connectivity index (χ4n) is 2.50. The zero-order chi connectivity index (χ0) is 12.8. The van der Waals surface area contributed by atoms with Crippen molar-refractivity contribution in [3.63, 3.8) is 0 Å². The number of rotatable bonds is 5. The van der Waals surface area contributed by atoms with Crippen LogP contribution in [0.4, 0.5) is 0 Å². The van der Waals surface area contributed by atoms with Crippen LogP contribution in [-0.4, -0.2) is 36.7 Å². The molecule has 2 unspecified atom stereocenters. The van der Waals surface area contributed by atoms with Crippen molar-refractivity contribution >= 4 is 0 Å². The van der Waals surface area contributed by atoms with Gasteiger partial charge in [0, 0.05) is 25.2 Å². The fraction of sp³-hybridized carbons (Fsp3) is 0.600. The summed E-state index contributed by atoms with van der Waals surface area (Å²) in [4.78, 5) is 2.49. The summed E-state index contributed by atoms with van der Waals surface area (Å²) in [6.45, 7) is 5.20. The minimum absolute atomic E-state index is 0.358. The molecule has 1 aliphatic rings. The summed E-state index contributed by atoms with van der Waals surface area (Å²) in [7, 11) is 0. The Hall–Kier alpha value is -1.06. The summed E-state index contributed by atoms with van der Waals surface area (Å²) < 4.78 is 5.70. The molecule has 0 bridgehead atoms. The molecule has 0 saturated carbocycles. The molecule has 2 rings (SSSR count). The van der Waals surface area contributed by atoms with Gasteiger partial charge in [0.15, 0.2) is 0 Å². The quantitative estimate of drug-likeness (QED) is 0.812. The van der Waals surface area contributed by atoms with E-state index in [0.29, 0.717) is 12.1 Å². The molecule has 2 N–H and O–H groups in total. The van der Waals surface area contributed by atoms with Gasteiger partial charge >= 0.3 is 0 Å². The number of benzene rings is 1. The zero-order valence-electron chi connectivity index (χ0n) is 11.2. The number of hydrogen-bond donors (Lipinski definition) is 1. The van der Waals surface area contributed by atoms with Crippen molar-refractivity contribution in [3.8, 4) is 5.75 Å². The number of ether oxygens (including phenoxy) is 1. The number of nitrogens with zero attached hydrogens (tertiary/aromatic N) is 1.